The van der Waals surface area contributed by atoms with Gasteiger partial charge in [0.25, 0.3) is 0 Å². The lowest BCUT2D eigenvalue weighted by atomic mass is 10.4. The molecule has 1 saturated heterocycles. The van der Waals surface area contributed by atoms with Crippen molar-refractivity contribution in [2.24, 2.45) is 0 Å². The van der Waals surface area contributed by atoms with Crippen LogP contribution in [-0.2, 0) is 19.6 Å². The zero-order chi connectivity index (χ0) is 12.9. The Morgan fingerprint density at radius 3 is 2.35 bits per heavy atom. The van der Waals surface area contributed by atoms with Gasteiger partial charge in [-0.2, -0.15) is 4.31 Å². The van der Waals surface area contributed by atoms with Crippen LogP contribution in [0.2, 0.25) is 0 Å². The standard InChI is InChI=1S/C10H20N2O4S/c1-3-16-10(13)4-9-17(14,15)12-7-5-11(2)6-8-12/h3-9H2,1-2H3. The maximum atomic E-state index is 11.9. The molecule has 0 radical (unpaired) electrons. The molecule has 0 unspecified atom stereocenters. The van der Waals surface area contributed by atoms with Gasteiger partial charge in [-0.25, -0.2) is 8.42 Å². The molecule has 0 bridgehead atoms. The number of hydrogen-bond acceptors (Lipinski definition) is 5. The Bertz CT molecular complexity index is 347. The smallest absolute Gasteiger partial charge is 0.306 e. The molecule has 6 nitrogen and oxygen atoms in total. The Morgan fingerprint density at radius 1 is 1.24 bits per heavy atom. The monoisotopic (exact) mass is 264 g/mol. The molecule has 1 fully saturated rings. The summed E-state index contributed by atoms with van der Waals surface area (Å²) < 4.78 is 30.0. The van der Waals surface area contributed by atoms with Crippen molar-refractivity contribution in [1.29, 1.82) is 0 Å². The number of nitrogens with zero attached hydrogens (tertiary/aromatic N) is 2. The van der Waals surface area contributed by atoms with E-state index in [0.29, 0.717) is 13.1 Å². The molecule has 0 N–H and O–H groups in total. The normalized spacial score (nSPS) is 19.2. The average molecular weight is 264 g/mol. The number of likely N-dealkylation sites (N-methyl/N-ethyl adjacent to an activating group) is 1. The zero-order valence-electron chi connectivity index (χ0n) is 10.4. The molecule has 1 rings (SSSR count). The molecule has 1 aliphatic heterocycles. The Balaban J connectivity index is 2.43. The molecule has 0 aromatic heterocycles. The molecule has 0 saturated carbocycles. The van der Waals surface area contributed by atoms with E-state index >= 15 is 0 Å². The molecule has 0 atom stereocenters. The second kappa shape index (κ2) is 6.32. The molecule has 100 valence electrons. The number of ether oxygens (including phenoxy) is 1. The van der Waals surface area contributed by atoms with Crippen molar-refractivity contribution >= 4 is 16.0 Å². The first-order chi connectivity index (χ1) is 7.95. The Labute approximate surface area is 103 Å². The van der Waals surface area contributed by atoms with E-state index in [1.807, 2.05) is 7.05 Å². The maximum absolute atomic E-state index is 11.9. The Kier molecular flexibility index (Phi) is 5.35. The SMILES string of the molecule is CCOC(=O)CCS(=O)(=O)N1CCN(C)CC1. The minimum atomic E-state index is -3.31. The maximum Gasteiger partial charge on any atom is 0.306 e. The number of piperazine rings is 1. The number of carbonyl (C=O) groups is 1. The molecule has 0 spiro atoms. The highest BCUT2D eigenvalue weighted by atomic mass is 32.2. The highest BCUT2D eigenvalue weighted by Crippen LogP contribution is 2.08. The van der Waals surface area contributed by atoms with Gasteiger partial charge in [-0.1, -0.05) is 0 Å². The predicted octanol–water partition coefficient (Wildman–Crippen LogP) is -0.483. The van der Waals surface area contributed by atoms with Crippen LogP contribution in [0.4, 0.5) is 0 Å². The molecule has 7 heteroatoms. The van der Waals surface area contributed by atoms with Crippen LogP contribution in [0, 0.1) is 0 Å². The van der Waals surface area contributed by atoms with Gasteiger partial charge in [0.05, 0.1) is 18.8 Å². The molecule has 1 aliphatic rings. The van der Waals surface area contributed by atoms with Gasteiger partial charge >= 0.3 is 5.97 Å². The van der Waals surface area contributed by atoms with Crippen molar-refractivity contribution in [3.05, 3.63) is 0 Å². The molecular weight excluding hydrogens is 244 g/mol. The topological polar surface area (TPSA) is 66.9 Å². The van der Waals surface area contributed by atoms with E-state index in [0.717, 1.165) is 13.1 Å². The highest BCUT2D eigenvalue weighted by molar-refractivity contribution is 7.89. The first-order valence-corrected chi connectivity index (χ1v) is 7.38. The lowest BCUT2D eigenvalue weighted by Crippen LogP contribution is -2.47. The number of carbonyl (C=O) groups excluding carboxylic acids is 1. The largest absolute Gasteiger partial charge is 0.466 e. The van der Waals surface area contributed by atoms with Gasteiger partial charge in [0.1, 0.15) is 0 Å². The van der Waals surface area contributed by atoms with Crippen LogP contribution in [0.25, 0.3) is 0 Å². The van der Waals surface area contributed by atoms with Crippen LogP contribution in [0.3, 0.4) is 0 Å². The van der Waals surface area contributed by atoms with Crippen molar-refractivity contribution in [2.75, 3.05) is 45.6 Å². The van der Waals surface area contributed by atoms with E-state index < -0.39 is 16.0 Å². The van der Waals surface area contributed by atoms with E-state index in [-0.39, 0.29) is 18.8 Å². The van der Waals surface area contributed by atoms with Crippen molar-refractivity contribution in [3.8, 4) is 0 Å². The van der Waals surface area contributed by atoms with Crippen LogP contribution in [0.5, 0.6) is 0 Å². The predicted molar refractivity (Wildman–Crippen MR) is 64.1 cm³/mol. The third-order valence-electron chi connectivity index (χ3n) is 2.73. The van der Waals surface area contributed by atoms with Crippen molar-refractivity contribution in [1.82, 2.24) is 9.21 Å². The van der Waals surface area contributed by atoms with Gasteiger partial charge in [0.15, 0.2) is 0 Å². The number of rotatable bonds is 5. The molecule has 0 aromatic rings. The van der Waals surface area contributed by atoms with Gasteiger partial charge in [0, 0.05) is 26.2 Å². The molecule has 0 aliphatic carbocycles. The lowest BCUT2D eigenvalue weighted by Gasteiger charge is -2.31. The van der Waals surface area contributed by atoms with Crippen LogP contribution in [0.1, 0.15) is 13.3 Å². The van der Waals surface area contributed by atoms with E-state index in [1.54, 1.807) is 6.92 Å². The lowest BCUT2D eigenvalue weighted by molar-refractivity contribution is -0.142. The van der Waals surface area contributed by atoms with E-state index in [9.17, 15) is 13.2 Å². The summed E-state index contributed by atoms with van der Waals surface area (Å²) in [5.74, 6) is -0.611. The summed E-state index contributed by atoms with van der Waals surface area (Å²) in [5.41, 5.74) is 0. The summed E-state index contributed by atoms with van der Waals surface area (Å²) in [6.07, 6.45) is -0.0670. The molecular formula is C10H20N2O4S. The third kappa shape index (κ3) is 4.61. The highest BCUT2D eigenvalue weighted by Gasteiger charge is 2.26. The van der Waals surface area contributed by atoms with Crippen LogP contribution >= 0.6 is 0 Å². The van der Waals surface area contributed by atoms with Gasteiger partial charge in [-0.15, -0.1) is 0 Å². The van der Waals surface area contributed by atoms with Gasteiger partial charge in [-0.3, -0.25) is 4.79 Å². The second-order valence-electron chi connectivity index (χ2n) is 4.07. The van der Waals surface area contributed by atoms with Gasteiger partial charge < -0.3 is 9.64 Å². The number of hydrogen-bond donors (Lipinski definition) is 0. The molecule has 0 amide bonds. The Morgan fingerprint density at radius 2 is 1.82 bits per heavy atom. The fraction of sp³-hybridized carbons (Fsp3) is 0.900. The summed E-state index contributed by atoms with van der Waals surface area (Å²) in [6, 6.07) is 0. The molecule has 1 heterocycles. The fourth-order valence-corrected chi connectivity index (χ4v) is 3.04. The average Bonchev–Trinajstić information content (AvgIpc) is 2.28. The van der Waals surface area contributed by atoms with E-state index in [2.05, 4.69) is 4.90 Å². The van der Waals surface area contributed by atoms with Crippen molar-refractivity contribution in [2.45, 2.75) is 13.3 Å². The van der Waals surface area contributed by atoms with E-state index in [1.165, 1.54) is 4.31 Å². The fourth-order valence-electron chi connectivity index (χ4n) is 1.64. The number of sulfonamides is 1. The van der Waals surface area contributed by atoms with Crippen LogP contribution in [0.15, 0.2) is 0 Å². The summed E-state index contributed by atoms with van der Waals surface area (Å²) in [4.78, 5) is 13.2. The molecule has 17 heavy (non-hydrogen) atoms. The molecule has 0 aromatic carbocycles. The zero-order valence-corrected chi connectivity index (χ0v) is 11.2. The van der Waals surface area contributed by atoms with E-state index in [4.69, 9.17) is 4.74 Å². The number of esters is 1. The second-order valence-corrected chi connectivity index (χ2v) is 6.16. The van der Waals surface area contributed by atoms with Crippen LogP contribution < -0.4 is 0 Å². The van der Waals surface area contributed by atoms with Gasteiger partial charge in [0.2, 0.25) is 10.0 Å². The minimum Gasteiger partial charge on any atom is -0.466 e. The minimum absolute atomic E-state index is 0.0670. The van der Waals surface area contributed by atoms with Crippen LogP contribution in [-0.4, -0.2) is 69.2 Å². The first kappa shape index (κ1) is 14.4. The van der Waals surface area contributed by atoms with Crippen molar-refractivity contribution in [3.63, 3.8) is 0 Å². The quantitative estimate of drug-likeness (QED) is 0.627. The summed E-state index contributed by atoms with van der Waals surface area (Å²) in [5, 5.41) is 0. The summed E-state index contributed by atoms with van der Waals surface area (Å²) >= 11 is 0. The first-order valence-electron chi connectivity index (χ1n) is 5.77. The van der Waals surface area contributed by atoms with Crippen molar-refractivity contribution < 1.29 is 17.9 Å². The van der Waals surface area contributed by atoms with Gasteiger partial charge in [-0.05, 0) is 14.0 Å². The Hall–Kier alpha value is -0.660. The summed E-state index contributed by atoms with van der Waals surface area (Å²) in [7, 11) is -1.35. The third-order valence-corrected chi connectivity index (χ3v) is 4.60. The summed E-state index contributed by atoms with van der Waals surface area (Å²) in [6.45, 7) is 4.46.